The van der Waals surface area contributed by atoms with Crippen molar-refractivity contribution in [2.45, 2.75) is 39.7 Å². The number of benzene rings is 1. The lowest BCUT2D eigenvalue weighted by Gasteiger charge is -2.18. The molecule has 0 saturated carbocycles. The summed E-state index contributed by atoms with van der Waals surface area (Å²) in [7, 11) is 0. The lowest BCUT2D eigenvalue weighted by molar-refractivity contribution is -0.896. The number of nitrogens with zero attached hydrogens (tertiary/aromatic N) is 1. The monoisotopic (exact) mass is 377 g/mol. The van der Waals surface area contributed by atoms with Gasteiger partial charge in [0.25, 0.3) is 0 Å². The van der Waals surface area contributed by atoms with Crippen molar-refractivity contribution in [2.75, 3.05) is 44.2 Å². The second-order valence-electron chi connectivity index (χ2n) is 6.79. The minimum atomic E-state index is -0.198. The number of ether oxygens (including phenoxy) is 1. The summed E-state index contributed by atoms with van der Waals surface area (Å²) in [5.74, 6) is 0.808. The Hall–Kier alpha value is -2.28. The molecule has 150 valence electrons. The summed E-state index contributed by atoms with van der Waals surface area (Å²) in [6.45, 7) is 11.3. The maximum Gasteiger partial charge on any atom is 0.315 e. The van der Waals surface area contributed by atoms with E-state index in [1.807, 2.05) is 31.2 Å². The number of urea groups is 1. The largest absolute Gasteiger partial charge is 0.494 e. The zero-order chi connectivity index (χ0) is 19.6. The number of carbonyl (C=O) groups is 2. The van der Waals surface area contributed by atoms with Gasteiger partial charge in [-0.25, -0.2) is 4.79 Å². The molecule has 1 aromatic carbocycles. The maximum atomic E-state index is 12.3. The van der Waals surface area contributed by atoms with Crippen LogP contribution in [0.25, 0.3) is 0 Å². The van der Waals surface area contributed by atoms with Crippen molar-refractivity contribution in [2.24, 2.45) is 0 Å². The third kappa shape index (κ3) is 6.43. The van der Waals surface area contributed by atoms with Crippen molar-refractivity contribution >= 4 is 17.6 Å². The summed E-state index contributed by atoms with van der Waals surface area (Å²) in [5.41, 5.74) is 0.829. The van der Waals surface area contributed by atoms with Crippen LogP contribution in [0.1, 0.15) is 33.6 Å². The van der Waals surface area contributed by atoms with Crippen LogP contribution in [-0.4, -0.2) is 57.3 Å². The molecule has 3 amide bonds. The zero-order valence-electron chi connectivity index (χ0n) is 16.7. The fourth-order valence-corrected chi connectivity index (χ4v) is 3.32. The predicted molar refractivity (Wildman–Crippen MR) is 106 cm³/mol. The van der Waals surface area contributed by atoms with Crippen molar-refractivity contribution in [3.63, 3.8) is 0 Å². The van der Waals surface area contributed by atoms with Crippen molar-refractivity contribution in [3.05, 3.63) is 24.3 Å². The van der Waals surface area contributed by atoms with Crippen molar-refractivity contribution in [3.8, 4) is 5.75 Å². The van der Waals surface area contributed by atoms with E-state index in [9.17, 15) is 9.59 Å². The first-order chi connectivity index (χ1) is 13.1. The van der Waals surface area contributed by atoms with Crippen LogP contribution in [-0.2, 0) is 4.79 Å². The molecule has 1 fully saturated rings. The molecule has 7 nitrogen and oxygen atoms in total. The summed E-state index contributed by atoms with van der Waals surface area (Å²) in [6, 6.07) is 7.10. The van der Waals surface area contributed by atoms with Crippen LogP contribution >= 0.6 is 0 Å². The normalized spacial score (nSPS) is 16.7. The molecule has 0 aromatic heterocycles. The van der Waals surface area contributed by atoms with Crippen molar-refractivity contribution in [1.82, 2.24) is 10.6 Å². The highest BCUT2D eigenvalue weighted by Gasteiger charge is 2.31. The number of rotatable bonds is 10. The van der Waals surface area contributed by atoms with E-state index in [0.717, 1.165) is 37.5 Å². The molecule has 27 heavy (non-hydrogen) atoms. The number of amides is 3. The van der Waals surface area contributed by atoms with E-state index in [1.54, 1.807) is 4.90 Å². The highest BCUT2D eigenvalue weighted by Crippen LogP contribution is 2.24. The molecule has 0 spiro atoms. The van der Waals surface area contributed by atoms with E-state index in [-0.39, 0.29) is 18.0 Å². The van der Waals surface area contributed by atoms with Gasteiger partial charge in [-0.3, -0.25) is 4.79 Å². The third-order valence-electron chi connectivity index (χ3n) is 4.91. The molecular weight excluding hydrogens is 344 g/mol. The molecule has 7 heteroatoms. The van der Waals surface area contributed by atoms with Gasteiger partial charge in [0.2, 0.25) is 5.91 Å². The lowest BCUT2D eigenvalue weighted by atomic mass is 10.2. The molecule has 1 atom stereocenters. The number of quaternary nitrogens is 1. The Morgan fingerprint density at radius 3 is 2.56 bits per heavy atom. The molecule has 1 aliphatic heterocycles. The lowest BCUT2D eigenvalue weighted by Crippen LogP contribution is -3.11. The average Bonchev–Trinajstić information content (AvgIpc) is 3.03. The van der Waals surface area contributed by atoms with Gasteiger partial charge in [0.05, 0.1) is 32.3 Å². The van der Waals surface area contributed by atoms with Gasteiger partial charge in [-0.15, -0.1) is 0 Å². The van der Waals surface area contributed by atoms with Gasteiger partial charge in [-0.05, 0) is 45.0 Å². The maximum absolute atomic E-state index is 12.3. The molecule has 1 aromatic rings. The Labute approximate surface area is 162 Å². The molecule has 1 aliphatic rings. The Bertz CT molecular complexity index is 602. The molecule has 0 radical (unpaired) electrons. The Morgan fingerprint density at radius 2 is 1.93 bits per heavy atom. The van der Waals surface area contributed by atoms with E-state index >= 15 is 0 Å². The quantitative estimate of drug-likeness (QED) is 0.528. The van der Waals surface area contributed by atoms with Crippen LogP contribution in [0.3, 0.4) is 0 Å². The summed E-state index contributed by atoms with van der Waals surface area (Å²) in [4.78, 5) is 27.6. The molecule has 3 N–H and O–H groups in total. The van der Waals surface area contributed by atoms with Crippen LogP contribution in [0.5, 0.6) is 5.75 Å². The zero-order valence-corrected chi connectivity index (χ0v) is 16.7. The van der Waals surface area contributed by atoms with E-state index in [1.165, 1.54) is 4.90 Å². The Balaban J connectivity index is 1.75. The van der Waals surface area contributed by atoms with Crippen LogP contribution in [0, 0.1) is 0 Å². The smallest absolute Gasteiger partial charge is 0.315 e. The predicted octanol–water partition coefficient (Wildman–Crippen LogP) is 0.805. The minimum Gasteiger partial charge on any atom is -0.494 e. The first kappa shape index (κ1) is 21.0. The van der Waals surface area contributed by atoms with E-state index in [0.29, 0.717) is 26.1 Å². The van der Waals surface area contributed by atoms with Crippen LogP contribution < -0.4 is 25.2 Å². The SMILES string of the molecule is CCOc1ccc(N2C[C@H](NC(=O)NCCC[NH+](CC)CC)CC2=O)cc1. The Kier molecular flexibility index (Phi) is 8.39. The molecule has 0 unspecified atom stereocenters. The third-order valence-corrected chi connectivity index (χ3v) is 4.91. The van der Waals surface area contributed by atoms with E-state index in [4.69, 9.17) is 4.74 Å². The van der Waals surface area contributed by atoms with Gasteiger partial charge in [-0.1, -0.05) is 0 Å². The fourth-order valence-electron chi connectivity index (χ4n) is 3.32. The highest BCUT2D eigenvalue weighted by molar-refractivity contribution is 5.96. The molecule has 2 rings (SSSR count). The number of hydrogen-bond acceptors (Lipinski definition) is 3. The van der Waals surface area contributed by atoms with Gasteiger partial charge in [0, 0.05) is 31.6 Å². The second-order valence-corrected chi connectivity index (χ2v) is 6.79. The van der Waals surface area contributed by atoms with Gasteiger partial charge in [0.15, 0.2) is 0 Å². The van der Waals surface area contributed by atoms with Gasteiger partial charge < -0.3 is 25.2 Å². The van der Waals surface area contributed by atoms with Crippen LogP contribution in [0.15, 0.2) is 24.3 Å². The Morgan fingerprint density at radius 1 is 1.22 bits per heavy atom. The number of hydrogen-bond donors (Lipinski definition) is 3. The summed E-state index contributed by atoms with van der Waals surface area (Å²) >= 11 is 0. The molecule has 1 saturated heterocycles. The summed E-state index contributed by atoms with van der Waals surface area (Å²) in [6.07, 6.45) is 1.27. The number of nitrogens with one attached hydrogen (secondary N) is 3. The molecule has 0 aliphatic carbocycles. The number of carbonyl (C=O) groups excluding carboxylic acids is 2. The highest BCUT2D eigenvalue weighted by atomic mass is 16.5. The summed E-state index contributed by atoms with van der Waals surface area (Å²) in [5, 5.41) is 5.81. The van der Waals surface area contributed by atoms with Crippen LogP contribution in [0.2, 0.25) is 0 Å². The van der Waals surface area contributed by atoms with Crippen molar-refractivity contribution in [1.29, 1.82) is 0 Å². The first-order valence-corrected chi connectivity index (χ1v) is 9.98. The average molecular weight is 378 g/mol. The minimum absolute atomic E-state index is 0.0228. The standard InChI is InChI=1S/C20H32N4O3/c1-4-23(5-2)13-7-12-21-20(26)22-16-14-19(25)24(15-16)17-8-10-18(11-9-17)27-6-3/h8-11,16H,4-7,12-15H2,1-3H3,(H2,21,22,26)/p+1/t16-/m1/s1. The first-order valence-electron chi connectivity index (χ1n) is 9.98. The van der Waals surface area contributed by atoms with Gasteiger partial charge >= 0.3 is 6.03 Å². The van der Waals surface area contributed by atoms with Gasteiger partial charge in [-0.2, -0.15) is 0 Å². The van der Waals surface area contributed by atoms with Crippen molar-refractivity contribution < 1.29 is 19.2 Å². The van der Waals surface area contributed by atoms with E-state index < -0.39 is 0 Å². The molecule has 1 heterocycles. The molecule has 0 bridgehead atoms. The van der Waals surface area contributed by atoms with E-state index in [2.05, 4.69) is 24.5 Å². The second kappa shape index (κ2) is 10.8. The van der Waals surface area contributed by atoms with Crippen LogP contribution in [0.4, 0.5) is 10.5 Å². The summed E-state index contributed by atoms with van der Waals surface area (Å²) < 4.78 is 5.43. The number of anilines is 1. The van der Waals surface area contributed by atoms with Gasteiger partial charge in [0.1, 0.15) is 5.75 Å². The fraction of sp³-hybridized carbons (Fsp3) is 0.600. The molecular formula is C20H33N4O3+. The topological polar surface area (TPSA) is 75.1 Å².